The summed E-state index contributed by atoms with van der Waals surface area (Å²) in [5, 5.41) is 10.3. The quantitative estimate of drug-likeness (QED) is 0.924. The van der Waals surface area contributed by atoms with Crippen LogP contribution in [-0.2, 0) is 0 Å². The zero-order chi connectivity index (χ0) is 16.1. The van der Waals surface area contributed by atoms with E-state index in [0.717, 1.165) is 17.3 Å². The molecule has 0 aliphatic rings. The van der Waals surface area contributed by atoms with Crippen LogP contribution in [0, 0.1) is 12.7 Å². The van der Waals surface area contributed by atoms with Crippen LogP contribution in [0.5, 0.6) is 0 Å². The van der Waals surface area contributed by atoms with Crippen molar-refractivity contribution in [3.05, 3.63) is 65.2 Å². The molecule has 0 bridgehead atoms. The number of nitrogens with zero attached hydrogens (tertiary/aromatic N) is 2. The summed E-state index contributed by atoms with van der Waals surface area (Å²) in [4.78, 5) is 17.4. The van der Waals surface area contributed by atoms with Crippen LogP contribution < -0.4 is 0 Å². The van der Waals surface area contributed by atoms with Gasteiger partial charge in [0.05, 0.1) is 24.4 Å². The topological polar surface area (TPSA) is 53.4 Å². The van der Waals surface area contributed by atoms with Crippen LogP contribution in [0.3, 0.4) is 0 Å². The lowest BCUT2D eigenvalue weighted by molar-refractivity contribution is 0.0630. The molecule has 116 valence electrons. The average molecular weight is 302 g/mol. The normalized spacial score (nSPS) is 12.0. The summed E-state index contributed by atoms with van der Waals surface area (Å²) in [6.45, 7) is 4.24. The summed E-state index contributed by atoms with van der Waals surface area (Å²) in [5.74, 6) is -1.11. The lowest BCUT2D eigenvalue weighted by Gasteiger charge is -2.24. The SMILES string of the molecule is CCN(C[C@@H](O)c1ccc(C)cc1)C(=O)c1ccncc1F. The smallest absolute Gasteiger partial charge is 0.257 e. The van der Waals surface area contributed by atoms with E-state index in [0.29, 0.717) is 6.54 Å². The van der Waals surface area contributed by atoms with Crippen molar-refractivity contribution < 1.29 is 14.3 Å². The number of rotatable bonds is 5. The molecule has 0 fully saturated rings. The van der Waals surface area contributed by atoms with E-state index >= 15 is 0 Å². The predicted molar refractivity (Wildman–Crippen MR) is 81.9 cm³/mol. The molecule has 0 saturated heterocycles. The fourth-order valence-electron chi connectivity index (χ4n) is 2.18. The van der Waals surface area contributed by atoms with Gasteiger partial charge in [-0.15, -0.1) is 0 Å². The number of aryl methyl sites for hydroxylation is 1. The molecular weight excluding hydrogens is 283 g/mol. The fourth-order valence-corrected chi connectivity index (χ4v) is 2.18. The highest BCUT2D eigenvalue weighted by Crippen LogP contribution is 2.17. The minimum Gasteiger partial charge on any atom is -0.387 e. The Kier molecular flexibility index (Phi) is 5.22. The molecule has 0 unspecified atom stereocenters. The average Bonchev–Trinajstić information content (AvgIpc) is 2.53. The van der Waals surface area contributed by atoms with Crippen LogP contribution in [0.15, 0.2) is 42.7 Å². The summed E-state index contributed by atoms with van der Waals surface area (Å²) in [7, 11) is 0. The monoisotopic (exact) mass is 302 g/mol. The van der Waals surface area contributed by atoms with Crippen molar-refractivity contribution in [3.63, 3.8) is 0 Å². The van der Waals surface area contributed by atoms with Gasteiger partial charge < -0.3 is 10.0 Å². The molecule has 1 atom stereocenters. The van der Waals surface area contributed by atoms with E-state index < -0.39 is 17.8 Å². The molecule has 0 aliphatic heterocycles. The molecule has 0 spiro atoms. The molecule has 1 aromatic heterocycles. The molecule has 2 aromatic rings. The molecule has 1 N–H and O–H groups in total. The zero-order valence-electron chi connectivity index (χ0n) is 12.7. The van der Waals surface area contributed by atoms with E-state index in [4.69, 9.17) is 0 Å². The fraction of sp³-hybridized carbons (Fsp3) is 0.294. The third-order valence-corrected chi connectivity index (χ3v) is 3.53. The van der Waals surface area contributed by atoms with Crippen LogP contribution >= 0.6 is 0 Å². The van der Waals surface area contributed by atoms with Gasteiger partial charge in [0, 0.05) is 12.7 Å². The van der Waals surface area contributed by atoms with Crippen molar-refractivity contribution in [2.45, 2.75) is 20.0 Å². The first kappa shape index (κ1) is 16.1. The Morgan fingerprint density at radius 1 is 1.32 bits per heavy atom. The largest absolute Gasteiger partial charge is 0.387 e. The molecule has 4 nitrogen and oxygen atoms in total. The van der Waals surface area contributed by atoms with Gasteiger partial charge in [0.1, 0.15) is 0 Å². The number of aliphatic hydroxyl groups excluding tert-OH is 1. The number of carbonyl (C=O) groups is 1. The van der Waals surface area contributed by atoms with E-state index in [9.17, 15) is 14.3 Å². The highest BCUT2D eigenvalue weighted by atomic mass is 19.1. The standard InChI is InChI=1S/C17H19FN2O2/c1-3-20(17(22)14-8-9-19-10-15(14)18)11-16(21)13-6-4-12(2)5-7-13/h4-10,16,21H,3,11H2,1-2H3/t16-/m1/s1. The van der Waals surface area contributed by atoms with Gasteiger partial charge in [-0.25, -0.2) is 4.39 Å². The molecule has 1 heterocycles. The molecule has 0 saturated carbocycles. The van der Waals surface area contributed by atoms with Gasteiger partial charge in [-0.2, -0.15) is 0 Å². The second-order valence-corrected chi connectivity index (χ2v) is 5.13. The third kappa shape index (κ3) is 3.68. The molecular formula is C17H19FN2O2. The number of aromatic nitrogens is 1. The first-order chi connectivity index (χ1) is 10.5. The lowest BCUT2D eigenvalue weighted by atomic mass is 10.1. The number of pyridine rings is 1. The van der Waals surface area contributed by atoms with Crippen LogP contribution in [-0.4, -0.2) is 34.0 Å². The summed E-state index contributed by atoms with van der Waals surface area (Å²) in [6, 6.07) is 8.80. The van der Waals surface area contributed by atoms with E-state index in [-0.39, 0.29) is 12.1 Å². The van der Waals surface area contributed by atoms with Gasteiger partial charge in [-0.1, -0.05) is 29.8 Å². The first-order valence-electron chi connectivity index (χ1n) is 7.16. The summed E-state index contributed by atoms with van der Waals surface area (Å²) >= 11 is 0. The lowest BCUT2D eigenvalue weighted by Crippen LogP contribution is -2.35. The number of halogens is 1. The number of hydrogen-bond acceptors (Lipinski definition) is 3. The highest BCUT2D eigenvalue weighted by Gasteiger charge is 2.21. The summed E-state index contributed by atoms with van der Waals surface area (Å²) in [5.41, 5.74) is 1.79. The highest BCUT2D eigenvalue weighted by molar-refractivity contribution is 5.94. The predicted octanol–water partition coefficient (Wildman–Crippen LogP) is 2.72. The van der Waals surface area contributed by atoms with Gasteiger partial charge >= 0.3 is 0 Å². The van der Waals surface area contributed by atoms with Crippen molar-refractivity contribution >= 4 is 5.91 Å². The van der Waals surface area contributed by atoms with Crippen molar-refractivity contribution in [2.75, 3.05) is 13.1 Å². The number of hydrogen-bond donors (Lipinski definition) is 1. The van der Waals surface area contributed by atoms with Gasteiger partial charge in [0.2, 0.25) is 0 Å². The van der Waals surface area contributed by atoms with Crippen LogP contribution in [0.25, 0.3) is 0 Å². The first-order valence-corrected chi connectivity index (χ1v) is 7.16. The molecule has 0 aliphatic carbocycles. The van der Waals surface area contributed by atoms with Gasteiger partial charge in [-0.05, 0) is 25.5 Å². The maximum absolute atomic E-state index is 13.7. The number of aliphatic hydroxyl groups is 1. The minimum absolute atomic E-state index is 0.0343. The molecule has 2 rings (SSSR count). The van der Waals surface area contributed by atoms with Crippen LogP contribution in [0.1, 0.15) is 34.5 Å². The minimum atomic E-state index is -0.811. The Morgan fingerprint density at radius 3 is 2.59 bits per heavy atom. The van der Waals surface area contributed by atoms with E-state index in [1.54, 1.807) is 6.92 Å². The summed E-state index contributed by atoms with van der Waals surface area (Å²) < 4.78 is 13.7. The van der Waals surface area contributed by atoms with Crippen molar-refractivity contribution in [1.29, 1.82) is 0 Å². The second-order valence-electron chi connectivity index (χ2n) is 5.13. The maximum atomic E-state index is 13.7. The Bertz CT molecular complexity index is 643. The number of amides is 1. The second kappa shape index (κ2) is 7.13. The van der Waals surface area contributed by atoms with Gasteiger partial charge in [0.25, 0.3) is 5.91 Å². The molecule has 0 radical (unpaired) electrons. The van der Waals surface area contributed by atoms with Gasteiger partial charge in [0.15, 0.2) is 5.82 Å². The Labute approximate surface area is 129 Å². The maximum Gasteiger partial charge on any atom is 0.257 e. The number of carbonyl (C=O) groups excluding carboxylic acids is 1. The molecule has 1 amide bonds. The number of benzene rings is 1. The zero-order valence-corrected chi connectivity index (χ0v) is 12.7. The Balaban J connectivity index is 2.13. The molecule has 5 heteroatoms. The van der Waals surface area contributed by atoms with Gasteiger partial charge in [-0.3, -0.25) is 9.78 Å². The van der Waals surface area contributed by atoms with E-state index in [2.05, 4.69) is 4.98 Å². The number of likely N-dealkylation sites (N-methyl/N-ethyl adjacent to an activating group) is 1. The van der Waals surface area contributed by atoms with Crippen molar-refractivity contribution in [1.82, 2.24) is 9.88 Å². The molecule has 22 heavy (non-hydrogen) atoms. The van der Waals surface area contributed by atoms with Crippen LogP contribution in [0.2, 0.25) is 0 Å². The van der Waals surface area contributed by atoms with E-state index in [1.165, 1.54) is 17.2 Å². The van der Waals surface area contributed by atoms with Crippen molar-refractivity contribution in [3.8, 4) is 0 Å². The van der Waals surface area contributed by atoms with Crippen molar-refractivity contribution in [2.24, 2.45) is 0 Å². The Hall–Kier alpha value is -2.27. The summed E-state index contributed by atoms with van der Waals surface area (Å²) in [6.07, 6.45) is 1.58. The Morgan fingerprint density at radius 2 is 2.00 bits per heavy atom. The molecule has 1 aromatic carbocycles. The van der Waals surface area contributed by atoms with Crippen LogP contribution in [0.4, 0.5) is 4.39 Å². The van der Waals surface area contributed by atoms with E-state index in [1.807, 2.05) is 31.2 Å². The third-order valence-electron chi connectivity index (χ3n) is 3.53.